The van der Waals surface area contributed by atoms with E-state index in [9.17, 15) is 0 Å². The third-order valence-corrected chi connectivity index (χ3v) is 16.3. The Labute approximate surface area is 383 Å². The minimum Gasteiger partial charge on any atom is -0.468 e. The molecule has 0 N–H and O–H groups in total. The summed E-state index contributed by atoms with van der Waals surface area (Å²) < 4.78 is 7.44. The van der Waals surface area contributed by atoms with Crippen molar-refractivity contribution in [1.82, 2.24) is 0 Å². The number of aryl methyl sites for hydroxylation is 2. The molecule has 6 aromatic carbocycles. The number of fused-ring (bicyclic) bond motifs is 8. The molecule has 0 bridgehead atoms. The van der Waals surface area contributed by atoms with Gasteiger partial charge < -0.3 is 14.2 Å². The summed E-state index contributed by atoms with van der Waals surface area (Å²) in [6.07, 6.45) is 4.69. The first-order valence-electron chi connectivity index (χ1n) is 24.0. The van der Waals surface area contributed by atoms with Crippen molar-refractivity contribution in [2.45, 2.75) is 143 Å². The molecule has 0 saturated carbocycles. The molecular weight excluding hydrogens is 775 g/mol. The minimum atomic E-state index is -0.106. The number of furan rings is 1. The van der Waals surface area contributed by atoms with Crippen LogP contribution in [0.1, 0.15) is 141 Å². The minimum absolute atomic E-state index is 0.0311. The van der Waals surface area contributed by atoms with Gasteiger partial charge in [0.1, 0.15) is 5.58 Å². The molecule has 0 atom stereocenters. The molecule has 0 unspecified atom stereocenters. The van der Waals surface area contributed by atoms with E-state index >= 15 is 0 Å². The largest absolute Gasteiger partial charge is 0.468 e. The van der Waals surface area contributed by atoms with E-state index in [0.717, 1.165) is 29.8 Å². The quantitative estimate of drug-likeness (QED) is 0.165. The summed E-state index contributed by atoms with van der Waals surface area (Å²) in [5.41, 5.74) is 24.4. The zero-order valence-corrected chi connectivity index (χ0v) is 40.6. The molecule has 4 heteroatoms. The summed E-state index contributed by atoms with van der Waals surface area (Å²) in [6, 6.07) is 42.4. The molecule has 11 rings (SSSR count). The van der Waals surface area contributed by atoms with Gasteiger partial charge in [-0.1, -0.05) is 137 Å². The fourth-order valence-electron chi connectivity index (χ4n) is 12.0. The van der Waals surface area contributed by atoms with Crippen LogP contribution < -0.4 is 26.4 Å². The number of nitrogens with zero attached hydrogens (tertiary/aromatic N) is 2. The predicted octanol–water partition coefficient (Wildman–Crippen LogP) is 14.8. The van der Waals surface area contributed by atoms with Gasteiger partial charge in [-0.15, -0.1) is 0 Å². The molecule has 0 radical (unpaired) electrons. The lowest BCUT2D eigenvalue weighted by Crippen LogP contribution is -2.61. The van der Waals surface area contributed by atoms with Crippen molar-refractivity contribution in [3.05, 3.63) is 148 Å². The normalized spacial score (nSPS) is 18.5. The average Bonchev–Trinajstić information content (AvgIpc) is 3.62. The van der Waals surface area contributed by atoms with Gasteiger partial charge >= 0.3 is 0 Å². The zero-order chi connectivity index (χ0) is 45.0. The molecule has 0 fully saturated rings. The van der Waals surface area contributed by atoms with E-state index in [1.807, 2.05) is 0 Å². The van der Waals surface area contributed by atoms with Crippen LogP contribution in [-0.4, -0.2) is 6.71 Å². The molecule has 3 nitrogen and oxygen atoms in total. The van der Waals surface area contributed by atoms with E-state index in [1.165, 1.54) is 108 Å². The lowest BCUT2D eigenvalue weighted by molar-refractivity contribution is 0.332. The first kappa shape index (κ1) is 41.2. The molecule has 3 heterocycles. The topological polar surface area (TPSA) is 19.6 Å². The second-order valence-electron chi connectivity index (χ2n) is 23.7. The van der Waals surface area contributed by atoms with Crippen molar-refractivity contribution in [2.24, 2.45) is 0 Å². The Morgan fingerprint density at radius 3 is 1.80 bits per heavy atom. The van der Waals surface area contributed by atoms with Crippen LogP contribution in [0, 0.1) is 13.8 Å². The van der Waals surface area contributed by atoms with Crippen LogP contribution in [0.2, 0.25) is 0 Å². The summed E-state index contributed by atoms with van der Waals surface area (Å²) in [7, 11) is 0. The number of hydrogen-bond donors (Lipinski definition) is 0. The zero-order valence-electron chi connectivity index (χ0n) is 40.6. The van der Waals surface area contributed by atoms with Crippen molar-refractivity contribution in [1.29, 1.82) is 0 Å². The average molecular weight is 841 g/mol. The van der Waals surface area contributed by atoms with E-state index < -0.39 is 0 Å². The molecule has 1 aromatic heterocycles. The molecule has 2 aliphatic heterocycles. The lowest BCUT2D eigenvalue weighted by Gasteiger charge is -2.47. The van der Waals surface area contributed by atoms with Crippen LogP contribution in [0.5, 0.6) is 0 Å². The van der Waals surface area contributed by atoms with Gasteiger partial charge in [0.15, 0.2) is 0 Å². The summed E-state index contributed by atoms with van der Waals surface area (Å²) in [5.74, 6) is 0. The van der Waals surface area contributed by atoms with Crippen molar-refractivity contribution in [3.63, 3.8) is 0 Å². The second kappa shape index (κ2) is 13.5. The van der Waals surface area contributed by atoms with E-state index in [4.69, 9.17) is 4.42 Å². The molecule has 0 spiro atoms. The summed E-state index contributed by atoms with van der Waals surface area (Å²) in [5, 5.41) is 1.17. The smallest absolute Gasteiger partial charge is 0.297 e. The van der Waals surface area contributed by atoms with Gasteiger partial charge in [-0.3, -0.25) is 0 Å². The van der Waals surface area contributed by atoms with Crippen LogP contribution in [0.25, 0.3) is 22.1 Å². The highest BCUT2D eigenvalue weighted by atomic mass is 16.3. The fourth-order valence-corrected chi connectivity index (χ4v) is 12.0. The van der Waals surface area contributed by atoms with Crippen molar-refractivity contribution >= 4 is 68.4 Å². The molecule has 64 heavy (non-hydrogen) atoms. The highest BCUT2D eigenvalue weighted by Crippen LogP contribution is 2.54. The van der Waals surface area contributed by atoms with Crippen molar-refractivity contribution in [3.8, 4) is 11.1 Å². The summed E-state index contributed by atoms with van der Waals surface area (Å²) >= 11 is 0. The number of benzene rings is 6. The Kier molecular flexibility index (Phi) is 8.72. The first-order chi connectivity index (χ1) is 30.1. The molecule has 0 saturated heterocycles. The Hall–Kier alpha value is -5.48. The Morgan fingerprint density at radius 1 is 0.531 bits per heavy atom. The standard InChI is InChI=1S/C60H65BN2O/c1-36-29-50-53-51(30-36)63(48-31-39(20-19-37(48)2)38-17-15-14-16-18-38)54-42-32-40(56(3,4)5)21-24-52(42)64-55(54)61(53)47-34-45-46(60(12,13)28-27-59(45,10)11)35-49(47)62(50)41-22-23-43-44(33-41)58(8,9)26-25-57(43,6)7/h14-24,29-35H,25-28H2,1-13H3. The molecule has 4 aliphatic rings. The highest BCUT2D eigenvalue weighted by Gasteiger charge is 2.49. The van der Waals surface area contributed by atoms with Crippen LogP contribution >= 0.6 is 0 Å². The van der Waals surface area contributed by atoms with Gasteiger partial charge in [-0.2, -0.15) is 0 Å². The van der Waals surface area contributed by atoms with Crippen LogP contribution in [0.15, 0.2) is 114 Å². The molecule has 324 valence electrons. The Balaban J connectivity index is 1.27. The van der Waals surface area contributed by atoms with E-state index in [0.29, 0.717) is 0 Å². The number of hydrogen-bond acceptors (Lipinski definition) is 3. The van der Waals surface area contributed by atoms with Crippen molar-refractivity contribution in [2.75, 3.05) is 9.80 Å². The first-order valence-corrected chi connectivity index (χ1v) is 24.0. The SMILES string of the molecule is Cc1cc2c3c(c1)N(c1cc(-c4ccccc4)ccc1C)c1c(oc4ccc(C(C)(C)C)cc14)B3c1cc3c(cc1N2c1ccc2c(c1)C(C)(C)CCC2(C)C)C(C)(C)CCC3(C)C. The number of anilines is 6. The monoisotopic (exact) mass is 841 g/mol. The fraction of sp³-hybridized carbons (Fsp3) is 0.367. The third-order valence-electron chi connectivity index (χ3n) is 16.3. The number of rotatable bonds is 3. The maximum Gasteiger partial charge on any atom is 0.297 e. The van der Waals surface area contributed by atoms with E-state index in [1.54, 1.807) is 0 Å². The van der Waals surface area contributed by atoms with E-state index in [2.05, 4.69) is 209 Å². The molecule has 0 amide bonds. The van der Waals surface area contributed by atoms with Gasteiger partial charge in [0.25, 0.3) is 6.71 Å². The van der Waals surface area contributed by atoms with Crippen LogP contribution in [0.4, 0.5) is 34.1 Å². The summed E-state index contributed by atoms with van der Waals surface area (Å²) in [4.78, 5) is 5.25. The van der Waals surface area contributed by atoms with Gasteiger partial charge in [0, 0.05) is 33.8 Å². The Bertz CT molecular complexity index is 3080. The molecule has 7 aromatic rings. The predicted molar refractivity (Wildman–Crippen MR) is 274 cm³/mol. The van der Waals surface area contributed by atoms with Gasteiger partial charge in [-0.05, 0) is 176 Å². The lowest BCUT2D eigenvalue weighted by atomic mass is 9.35. The van der Waals surface area contributed by atoms with Gasteiger partial charge in [0.2, 0.25) is 0 Å². The van der Waals surface area contributed by atoms with Crippen LogP contribution in [0.3, 0.4) is 0 Å². The van der Waals surface area contributed by atoms with Gasteiger partial charge in [-0.25, -0.2) is 0 Å². The summed E-state index contributed by atoms with van der Waals surface area (Å²) in [6.45, 7) is 31.1. The maximum atomic E-state index is 7.44. The molecular formula is C60H65BN2O. The highest BCUT2D eigenvalue weighted by molar-refractivity contribution is 7.00. The Morgan fingerprint density at radius 2 is 1.14 bits per heavy atom. The van der Waals surface area contributed by atoms with E-state index in [-0.39, 0.29) is 33.8 Å². The van der Waals surface area contributed by atoms with Crippen LogP contribution in [-0.2, 0) is 27.1 Å². The third kappa shape index (κ3) is 6.06. The van der Waals surface area contributed by atoms with Gasteiger partial charge in [0.05, 0.1) is 11.3 Å². The molecule has 2 aliphatic carbocycles. The second-order valence-corrected chi connectivity index (χ2v) is 23.7. The maximum absolute atomic E-state index is 7.44. The van der Waals surface area contributed by atoms with Crippen molar-refractivity contribution < 1.29 is 4.42 Å².